The zero-order chi connectivity index (χ0) is 16.7. The van der Waals surface area contributed by atoms with Gasteiger partial charge in [0.2, 0.25) is 5.91 Å². The molecule has 22 heavy (non-hydrogen) atoms. The summed E-state index contributed by atoms with van der Waals surface area (Å²) < 4.78 is 0. The number of rotatable bonds is 7. The minimum Gasteiger partial charge on any atom is -0.396 e. The summed E-state index contributed by atoms with van der Waals surface area (Å²) in [4.78, 5) is 24.4. The molecule has 2 amide bonds. The molecule has 1 atom stereocenters. The Kier molecular flexibility index (Phi) is 7.65. The predicted octanol–water partition coefficient (Wildman–Crippen LogP) is 2.25. The second kappa shape index (κ2) is 8.98. The van der Waals surface area contributed by atoms with Gasteiger partial charge in [0.05, 0.1) is 10.6 Å². The summed E-state index contributed by atoms with van der Waals surface area (Å²) >= 11 is 11.8. The first-order chi connectivity index (χ1) is 10.4. The maximum absolute atomic E-state index is 12.3. The van der Waals surface area contributed by atoms with E-state index in [0.717, 1.165) is 0 Å². The summed E-state index contributed by atoms with van der Waals surface area (Å²) in [6, 6.07) is 3.87. The molecule has 122 valence electrons. The smallest absolute Gasteiger partial charge is 0.253 e. The third-order valence-electron chi connectivity index (χ3n) is 3.05. The van der Waals surface area contributed by atoms with Gasteiger partial charge < -0.3 is 15.7 Å². The van der Waals surface area contributed by atoms with Gasteiger partial charge in [-0.15, -0.1) is 0 Å². The van der Waals surface area contributed by atoms with Gasteiger partial charge in [-0.2, -0.15) is 0 Å². The van der Waals surface area contributed by atoms with Gasteiger partial charge in [0.1, 0.15) is 6.04 Å². The highest BCUT2D eigenvalue weighted by molar-refractivity contribution is 6.36. The third-order valence-corrected chi connectivity index (χ3v) is 3.59. The summed E-state index contributed by atoms with van der Waals surface area (Å²) in [6.07, 6.45) is 0.466. The van der Waals surface area contributed by atoms with Crippen molar-refractivity contribution in [1.82, 2.24) is 10.6 Å². The molecule has 0 aromatic heterocycles. The number of amides is 2. The molecule has 0 spiro atoms. The fourth-order valence-electron chi connectivity index (χ4n) is 1.83. The first kappa shape index (κ1) is 18.7. The standard InChI is InChI=1S/C15H20Cl2N2O3/c1-9(2)13(15(22)18-6-3-7-20)19-14(21)11-5-4-10(16)8-12(11)17/h4-5,8-9,13,20H,3,6-7H2,1-2H3,(H,18,22)(H,19,21). The predicted molar refractivity (Wildman–Crippen MR) is 87.3 cm³/mol. The van der Waals surface area contributed by atoms with E-state index in [0.29, 0.717) is 18.0 Å². The first-order valence-corrected chi connectivity index (χ1v) is 7.77. The zero-order valence-electron chi connectivity index (χ0n) is 12.5. The van der Waals surface area contributed by atoms with Gasteiger partial charge in [-0.3, -0.25) is 9.59 Å². The number of aliphatic hydroxyl groups excluding tert-OH is 1. The van der Waals surface area contributed by atoms with E-state index in [1.54, 1.807) is 6.07 Å². The monoisotopic (exact) mass is 346 g/mol. The Balaban J connectivity index is 2.77. The van der Waals surface area contributed by atoms with Crippen LogP contribution in [-0.2, 0) is 4.79 Å². The van der Waals surface area contributed by atoms with Crippen molar-refractivity contribution < 1.29 is 14.7 Å². The van der Waals surface area contributed by atoms with Crippen LogP contribution in [0.1, 0.15) is 30.6 Å². The van der Waals surface area contributed by atoms with E-state index in [9.17, 15) is 9.59 Å². The summed E-state index contributed by atoms with van der Waals surface area (Å²) in [7, 11) is 0. The lowest BCUT2D eigenvalue weighted by Gasteiger charge is -2.22. The third kappa shape index (κ3) is 5.48. The van der Waals surface area contributed by atoms with Crippen molar-refractivity contribution in [3.8, 4) is 0 Å². The Bertz CT molecular complexity index is 536. The summed E-state index contributed by atoms with van der Waals surface area (Å²) in [5.41, 5.74) is 0.264. The quantitative estimate of drug-likeness (QED) is 0.662. The lowest BCUT2D eigenvalue weighted by molar-refractivity contribution is -0.123. The SMILES string of the molecule is CC(C)C(NC(=O)c1ccc(Cl)cc1Cl)C(=O)NCCCO. The maximum atomic E-state index is 12.3. The van der Waals surface area contributed by atoms with Crippen LogP contribution in [0.3, 0.4) is 0 Å². The number of carbonyl (C=O) groups excluding carboxylic acids is 2. The molecule has 5 nitrogen and oxygen atoms in total. The number of nitrogens with one attached hydrogen (secondary N) is 2. The van der Waals surface area contributed by atoms with Crippen LogP contribution in [0.5, 0.6) is 0 Å². The fourth-order valence-corrected chi connectivity index (χ4v) is 2.32. The van der Waals surface area contributed by atoms with E-state index < -0.39 is 11.9 Å². The molecule has 0 heterocycles. The van der Waals surface area contributed by atoms with E-state index in [1.807, 2.05) is 13.8 Å². The highest BCUT2D eigenvalue weighted by atomic mass is 35.5. The van der Waals surface area contributed by atoms with Gasteiger partial charge in [-0.1, -0.05) is 37.0 Å². The van der Waals surface area contributed by atoms with Crippen molar-refractivity contribution >= 4 is 35.0 Å². The topological polar surface area (TPSA) is 78.4 Å². The average Bonchev–Trinajstić information content (AvgIpc) is 2.44. The number of halogens is 2. The lowest BCUT2D eigenvalue weighted by Crippen LogP contribution is -2.50. The van der Waals surface area contributed by atoms with Gasteiger partial charge in [0.25, 0.3) is 5.91 Å². The van der Waals surface area contributed by atoms with E-state index in [1.165, 1.54) is 12.1 Å². The molecular formula is C15H20Cl2N2O3. The van der Waals surface area contributed by atoms with Crippen molar-refractivity contribution in [3.63, 3.8) is 0 Å². The van der Waals surface area contributed by atoms with E-state index in [4.69, 9.17) is 28.3 Å². The average molecular weight is 347 g/mol. The normalized spacial score (nSPS) is 12.1. The number of hydrogen-bond acceptors (Lipinski definition) is 3. The van der Waals surface area contributed by atoms with Crippen LogP contribution in [0.25, 0.3) is 0 Å². The van der Waals surface area contributed by atoms with Crippen LogP contribution in [0.15, 0.2) is 18.2 Å². The molecule has 0 aliphatic carbocycles. The molecule has 3 N–H and O–H groups in total. The van der Waals surface area contributed by atoms with Gasteiger partial charge in [0.15, 0.2) is 0 Å². The number of aliphatic hydroxyl groups is 1. The van der Waals surface area contributed by atoms with Crippen LogP contribution in [0, 0.1) is 5.92 Å². The highest BCUT2D eigenvalue weighted by Crippen LogP contribution is 2.21. The molecule has 0 saturated heterocycles. The second-order valence-electron chi connectivity index (χ2n) is 5.19. The Hall–Kier alpha value is -1.30. The molecule has 0 bridgehead atoms. The van der Waals surface area contributed by atoms with Gasteiger partial charge in [0, 0.05) is 18.2 Å². The van der Waals surface area contributed by atoms with E-state index in [-0.39, 0.29) is 29.0 Å². The zero-order valence-corrected chi connectivity index (χ0v) is 14.0. The van der Waals surface area contributed by atoms with E-state index >= 15 is 0 Å². The van der Waals surface area contributed by atoms with Crippen LogP contribution in [0.4, 0.5) is 0 Å². The molecule has 0 aliphatic heterocycles. The Morgan fingerprint density at radius 1 is 1.27 bits per heavy atom. The molecule has 0 radical (unpaired) electrons. The molecule has 0 aliphatic rings. The summed E-state index contributed by atoms with van der Waals surface area (Å²) in [6.45, 7) is 4.02. The largest absolute Gasteiger partial charge is 0.396 e. The van der Waals surface area contributed by atoms with Crippen LogP contribution in [-0.4, -0.2) is 36.1 Å². The fraction of sp³-hybridized carbons (Fsp3) is 0.467. The summed E-state index contributed by atoms with van der Waals surface area (Å²) in [5.74, 6) is -0.816. The minimum absolute atomic E-state index is 0.000628. The summed E-state index contributed by atoms with van der Waals surface area (Å²) in [5, 5.41) is 14.7. The minimum atomic E-state index is -0.682. The molecular weight excluding hydrogens is 327 g/mol. The van der Waals surface area contributed by atoms with Crippen molar-refractivity contribution in [2.24, 2.45) is 5.92 Å². The molecule has 1 aromatic rings. The second-order valence-corrected chi connectivity index (χ2v) is 6.03. The van der Waals surface area contributed by atoms with Gasteiger partial charge >= 0.3 is 0 Å². The number of benzene rings is 1. The Morgan fingerprint density at radius 3 is 2.50 bits per heavy atom. The molecule has 1 aromatic carbocycles. The van der Waals surface area contributed by atoms with E-state index in [2.05, 4.69) is 10.6 Å². The Morgan fingerprint density at radius 2 is 1.95 bits per heavy atom. The first-order valence-electron chi connectivity index (χ1n) is 7.01. The highest BCUT2D eigenvalue weighted by Gasteiger charge is 2.25. The van der Waals surface area contributed by atoms with Crippen LogP contribution >= 0.6 is 23.2 Å². The molecule has 0 fully saturated rings. The number of carbonyl (C=O) groups is 2. The molecule has 1 rings (SSSR count). The van der Waals surface area contributed by atoms with Crippen molar-refractivity contribution in [3.05, 3.63) is 33.8 Å². The molecule has 7 heteroatoms. The van der Waals surface area contributed by atoms with Gasteiger partial charge in [-0.05, 0) is 30.5 Å². The van der Waals surface area contributed by atoms with Crippen molar-refractivity contribution in [1.29, 1.82) is 0 Å². The molecule has 0 saturated carbocycles. The van der Waals surface area contributed by atoms with Gasteiger partial charge in [-0.25, -0.2) is 0 Å². The lowest BCUT2D eigenvalue weighted by atomic mass is 10.0. The van der Waals surface area contributed by atoms with Crippen molar-refractivity contribution in [2.75, 3.05) is 13.2 Å². The molecule has 1 unspecified atom stereocenters. The number of hydrogen-bond donors (Lipinski definition) is 3. The Labute approximate surface area is 140 Å². The van der Waals surface area contributed by atoms with Crippen molar-refractivity contribution in [2.45, 2.75) is 26.3 Å². The maximum Gasteiger partial charge on any atom is 0.253 e. The van der Waals surface area contributed by atoms with Crippen LogP contribution < -0.4 is 10.6 Å². The van der Waals surface area contributed by atoms with Crippen LogP contribution in [0.2, 0.25) is 10.0 Å².